The van der Waals surface area contributed by atoms with Gasteiger partial charge in [0.2, 0.25) is 11.6 Å². The Balaban J connectivity index is 1.21. The molecule has 2 aliphatic rings. The van der Waals surface area contributed by atoms with Crippen molar-refractivity contribution < 1.29 is 31.9 Å². The molecule has 0 spiro atoms. The van der Waals surface area contributed by atoms with Gasteiger partial charge in [0.1, 0.15) is 5.82 Å². The minimum absolute atomic E-state index is 0.0387. The summed E-state index contributed by atoms with van der Waals surface area (Å²) in [5.41, 5.74) is -1.28. The number of fused-ring (bicyclic) bond motifs is 1. The van der Waals surface area contributed by atoms with Crippen molar-refractivity contribution in [3.8, 4) is 11.3 Å². The van der Waals surface area contributed by atoms with Crippen molar-refractivity contribution in [1.29, 1.82) is 0 Å². The van der Waals surface area contributed by atoms with Gasteiger partial charge in [-0.1, -0.05) is 6.07 Å². The summed E-state index contributed by atoms with van der Waals surface area (Å²) in [7, 11) is 0. The van der Waals surface area contributed by atoms with Gasteiger partial charge in [-0.15, -0.1) is 11.3 Å². The number of carbonyl (C=O) groups is 2. The lowest BCUT2D eigenvalue weighted by Crippen LogP contribution is -2.39. The summed E-state index contributed by atoms with van der Waals surface area (Å²) in [6.45, 7) is 0.462. The molecule has 0 radical (unpaired) electrons. The molecule has 0 aliphatic carbocycles. The highest BCUT2D eigenvalue weighted by molar-refractivity contribution is 7.14. The highest BCUT2D eigenvalue weighted by atomic mass is 32.1. The van der Waals surface area contributed by atoms with Crippen LogP contribution in [0.25, 0.3) is 11.3 Å². The van der Waals surface area contributed by atoms with Crippen LogP contribution >= 0.6 is 11.3 Å². The Morgan fingerprint density at radius 1 is 1.19 bits per heavy atom. The third-order valence-corrected chi connectivity index (χ3v) is 7.05. The van der Waals surface area contributed by atoms with E-state index in [1.54, 1.807) is 5.38 Å². The zero-order valence-electron chi connectivity index (χ0n) is 19.4. The minimum Gasteiger partial charge on any atom is -0.373 e. The number of carbonyl (C=O) groups excluding carboxylic acids is 2. The number of anilines is 2. The van der Waals surface area contributed by atoms with Crippen LogP contribution in [0.5, 0.6) is 0 Å². The SMILES string of the molecule is O=C(CNC(=O)c1ccc2c(c1)[C@](F)(C(F)F)COC2)Nc1nc(-c2cc(F)cc(N3CCC3)c2)cs1. The Bertz CT molecular complexity index is 1350. The molecule has 0 saturated carbocycles. The molecule has 2 N–H and O–H groups in total. The number of nitrogens with zero attached hydrogens (tertiary/aromatic N) is 2. The van der Waals surface area contributed by atoms with Gasteiger partial charge in [-0.2, -0.15) is 0 Å². The third kappa shape index (κ3) is 5.16. The number of hydrogen-bond donors (Lipinski definition) is 2. The molecule has 0 bridgehead atoms. The molecule has 1 fully saturated rings. The van der Waals surface area contributed by atoms with Crippen LogP contribution in [0.15, 0.2) is 41.8 Å². The lowest BCUT2D eigenvalue weighted by atomic mass is 9.89. The first-order valence-electron chi connectivity index (χ1n) is 11.5. The number of aromatic nitrogens is 1. The van der Waals surface area contributed by atoms with E-state index < -0.39 is 37.1 Å². The van der Waals surface area contributed by atoms with Crippen molar-refractivity contribution in [3.05, 3.63) is 64.3 Å². The van der Waals surface area contributed by atoms with Gasteiger partial charge in [0.25, 0.3) is 12.3 Å². The number of ether oxygens (including phenoxy) is 1. The monoisotopic (exact) mass is 534 g/mol. The molecule has 2 aliphatic heterocycles. The van der Waals surface area contributed by atoms with Crippen LogP contribution in [0, 0.1) is 5.82 Å². The van der Waals surface area contributed by atoms with E-state index in [0.29, 0.717) is 11.3 Å². The molecule has 1 aromatic heterocycles. The molecular weight excluding hydrogens is 512 g/mol. The predicted molar refractivity (Wildman–Crippen MR) is 130 cm³/mol. The van der Waals surface area contributed by atoms with Crippen molar-refractivity contribution in [1.82, 2.24) is 10.3 Å². The molecule has 2 aromatic carbocycles. The maximum atomic E-state index is 14.8. The van der Waals surface area contributed by atoms with Gasteiger partial charge >= 0.3 is 0 Å². The Morgan fingerprint density at radius 3 is 2.73 bits per heavy atom. The summed E-state index contributed by atoms with van der Waals surface area (Å²) in [5, 5.41) is 6.90. The van der Waals surface area contributed by atoms with E-state index in [-0.39, 0.29) is 34.2 Å². The molecule has 7 nitrogen and oxygen atoms in total. The summed E-state index contributed by atoms with van der Waals surface area (Å²) in [6, 6.07) is 8.46. The standard InChI is InChI=1S/C25H22F4N4O3S/c26-17-6-16(7-18(9-17)33-4-1-5-33)20-12-37-24(31-20)32-21(34)10-30-22(35)14-2-3-15-11-36-13-25(29,23(27)28)19(15)8-14/h2-3,6-9,12,23H,1,4-5,10-11,13H2,(H,30,35)(H,31,32,34)/t25-/m0/s1. The number of halogens is 4. The molecule has 0 unspecified atom stereocenters. The van der Waals surface area contributed by atoms with E-state index in [0.717, 1.165) is 42.6 Å². The van der Waals surface area contributed by atoms with Crippen molar-refractivity contribution in [2.75, 3.05) is 36.5 Å². The molecule has 1 saturated heterocycles. The van der Waals surface area contributed by atoms with E-state index in [4.69, 9.17) is 4.74 Å². The Labute approximate surface area is 213 Å². The van der Waals surface area contributed by atoms with Gasteiger partial charge in [-0.3, -0.25) is 9.59 Å². The second-order valence-electron chi connectivity index (χ2n) is 8.84. The maximum absolute atomic E-state index is 14.8. The van der Waals surface area contributed by atoms with Crippen LogP contribution in [-0.2, 0) is 21.8 Å². The number of rotatable bonds is 7. The summed E-state index contributed by atoms with van der Waals surface area (Å²) >= 11 is 1.14. The number of thiazole rings is 1. The zero-order chi connectivity index (χ0) is 26.2. The molecule has 1 atom stereocenters. The largest absolute Gasteiger partial charge is 0.373 e. The van der Waals surface area contributed by atoms with E-state index >= 15 is 0 Å². The second kappa shape index (κ2) is 10.1. The van der Waals surface area contributed by atoms with Gasteiger partial charge < -0.3 is 20.3 Å². The number of amides is 2. The fourth-order valence-electron chi connectivity index (χ4n) is 4.17. The van der Waals surface area contributed by atoms with E-state index in [2.05, 4.69) is 20.5 Å². The van der Waals surface area contributed by atoms with Crippen molar-refractivity contribution >= 4 is 34.0 Å². The number of hydrogen-bond acceptors (Lipinski definition) is 6. The van der Waals surface area contributed by atoms with Gasteiger partial charge in [0.15, 0.2) is 5.13 Å². The molecule has 3 heterocycles. The molecule has 3 aromatic rings. The van der Waals surface area contributed by atoms with Gasteiger partial charge in [-0.05, 0) is 42.3 Å². The third-order valence-electron chi connectivity index (χ3n) is 6.29. The minimum atomic E-state index is -3.33. The highest BCUT2D eigenvalue weighted by Gasteiger charge is 2.46. The molecule has 2 amide bonds. The van der Waals surface area contributed by atoms with Gasteiger partial charge in [0.05, 0.1) is 25.5 Å². The highest BCUT2D eigenvalue weighted by Crippen LogP contribution is 2.39. The first-order valence-corrected chi connectivity index (χ1v) is 12.4. The van der Waals surface area contributed by atoms with Gasteiger partial charge in [0, 0.05) is 40.8 Å². The molecule has 5 rings (SSSR count). The molecule has 37 heavy (non-hydrogen) atoms. The fraction of sp³-hybridized carbons (Fsp3) is 0.320. The summed E-state index contributed by atoms with van der Waals surface area (Å²) in [6.07, 6.45) is -2.27. The Kier molecular flexibility index (Phi) is 6.86. The van der Waals surface area contributed by atoms with E-state index in [1.807, 2.05) is 6.07 Å². The van der Waals surface area contributed by atoms with E-state index in [1.165, 1.54) is 24.3 Å². The average Bonchev–Trinajstić information content (AvgIpc) is 3.29. The number of benzene rings is 2. The van der Waals surface area contributed by atoms with Crippen LogP contribution in [0.4, 0.5) is 28.4 Å². The Morgan fingerprint density at radius 2 is 2.00 bits per heavy atom. The first kappa shape index (κ1) is 25.2. The smallest absolute Gasteiger partial charge is 0.278 e. The Hall–Kier alpha value is -3.51. The lowest BCUT2D eigenvalue weighted by molar-refractivity contribution is -0.115. The predicted octanol–water partition coefficient (Wildman–Crippen LogP) is 4.49. The zero-order valence-corrected chi connectivity index (χ0v) is 20.2. The molecule has 12 heteroatoms. The van der Waals surface area contributed by atoms with E-state index in [9.17, 15) is 27.2 Å². The van der Waals surface area contributed by atoms with Crippen LogP contribution in [0.1, 0.15) is 27.9 Å². The van der Waals surface area contributed by atoms with Crippen molar-refractivity contribution in [2.45, 2.75) is 25.1 Å². The van der Waals surface area contributed by atoms with Crippen LogP contribution < -0.4 is 15.5 Å². The first-order chi connectivity index (χ1) is 17.7. The van der Waals surface area contributed by atoms with Crippen molar-refractivity contribution in [3.63, 3.8) is 0 Å². The lowest BCUT2D eigenvalue weighted by Gasteiger charge is -2.33. The second-order valence-corrected chi connectivity index (χ2v) is 9.69. The average molecular weight is 535 g/mol. The summed E-state index contributed by atoms with van der Waals surface area (Å²) in [4.78, 5) is 31.3. The summed E-state index contributed by atoms with van der Waals surface area (Å²) < 4.78 is 60.6. The normalized spacial score (nSPS) is 18.8. The topological polar surface area (TPSA) is 83.6 Å². The fourth-order valence-corrected chi connectivity index (χ4v) is 4.90. The van der Waals surface area contributed by atoms with Crippen LogP contribution in [-0.4, -0.2) is 49.5 Å². The van der Waals surface area contributed by atoms with Crippen molar-refractivity contribution in [2.24, 2.45) is 0 Å². The number of alkyl halides is 3. The van der Waals surface area contributed by atoms with Crippen LogP contribution in [0.2, 0.25) is 0 Å². The summed E-state index contributed by atoms with van der Waals surface area (Å²) in [5.74, 6) is -1.68. The molecule has 194 valence electrons. The molecular formula is C25H22F4N4O3S. The quantitative estimate of drug-likeness (QED) is 0.437. The number of nitrogens with one attached hydrogen (secondary N) is 2. The van der Waals surface area contributed by atoms with Crippen LogP contribution in [0.3, 0.4) is 0 Å². The van der Waals surface area contributed by atoms with Gasteiger partial charge in [-0.25, -0.2) is 22.5 Å². The maximum Gasteiger partial charge on any atom is 0.278 e.